The molecule has 1 heterocycles. The van der Waals surface area contributed by atoms with E-state index in [9.17, 15) is 13.6 Å². The Hall–Kier alpha value is -1.79. The number of aromatic nitrogens is 2. The first kappa shape index (κ1) is 13.6. The van der Waals surface area contributed by atoms with Crippen molar-refractivity contribution in [2.45, 2.75) is 38.0 Å². The number of rotatable bonds is 3. The second kappa shape index (κ2) is 5.07. The zero-order valence-electron chi connectivity index (χ0n) is 10.5. The van der Waals surface area contributed by atoms with Gasteiger partial charge in [-0.05, 0) is 13.3 Å². The van der Waals surface area contributed by atoms with E-state index in [1.807, 2.05) is 0 Å². The van der Waals surface area contributed by atoms with Gasteiger partial charge in [0.25, 0.3) is 0 Å². The Morgan fingerprint density at radius 3 is 2.89 bits per heavy atom. The van der Waals surface area contributed by atoms with Gasteiger partial charge in [-0.1, -0.05) is 0 Å². The molecule has 0 amide bonds. The van der Waals surface area contributed by atoms with Gasteiger partial charge in [0.2, 0.25) is 5.92 Å². The first-order valence-corrected chi connectivity index (χ1v) is 6.10. The smallest absolute Gasteiger partial charge is 0.343 e. The minimum absolute atomic E-state index is 0.0290. The second-order valence-corrected chi connectivity index (χ2v) is 4.54. The van der Waals surface area contributed by atoms with E-state index in [2.05, 4.69) is 9.97 Å². The van der Waals surface area contributed by atoms with Gasteiger partial charge < -0.3 is 10.5 Å². The summed E-state index contributed by atoms with van der Waals surface area (Å²) >= 11 is 0. The van der Waals surface area contributed by atoms with Gasteiger partial charge in [-0.25, -0.2) is 23.5 Å². The van der Waals surface area contributed by atoms with Crippen LogP contribution in [0.1, 0.15) is 48.3 Å². The summed E-state index contributed by atoms with van der Waals surface area (Å²) in [6.07, 6.45) is 1.13. The maximum Gasteiger partial charge on any atom is 0.343 e. The Morgan fingerprint density at radius 1 is 1.63 bits per heavy atom. The first-order chi connectivity index (χ1) is 8.93. The number of carbonyl (C=O) groups is 1. The summed E-state index contributed by atoms with van der Waals surface area (Å²) in [4.78, 5) is 19.4. The number of hydrogen-bond acceptors (Lipinski definition) is 5. The molecule has 7 heteroatoms. The highest BCUT2D eigenvalue weighted by Crippen LogP contribution is 2.43. The van der Waals surface area contributed by atoms with Crippen LogP contribution in [0.3, 0.4) is 0 Å². The topological polar surface area (TPSA) is 78.1 Å². The van der Waals surface area contributed by atoms with E-state index in [0.29, 0.717) is 6.42 Å². The molecule has 104 valence electrons. The van der Waals surface area contributed by atoms with Crippen molar-refractivity contribution >= 4 is 11.8 Å². The van der Waals surface area contributed by atoms with Gasteiger partial charge in [-0.15, -0.1) is 0 Å². The van der Waals surface area contributed by atoms with Crippen molar-refractivity contribution in [2.75, 3.05) is 12.3 Å². The maximum atomic E-state index is 13.1. The molecule has 0 bridgehead atoms. The standard InChI is InChI=1S/C12H15F2N3O2/c1-2-19-11(18)8-6-16-10(17-9(8)15)7-3-4-12(13,14)5-7/h6-7H,2-5H2,1H3,(H2,15,16,17). The zero-order chi connectivity index (χ0) is 14.0. The molecule has 2 N–H and O–H groups in total. The molecule has 0 aromatic carbocycles. The molecule has 5 nitrogen and oxygen atoms in total. The number of nitrogens with two attached hydrogens (primary N) is 1. The van der Waals surface area contributed by atoms with Gasteiger partial charge in [0.1, 0.15) is 17.2 Å². The Kier molecular flexibility index (Phi) is 3.64. The van der Waals surface area contributed by atoms with E-state index in [4.69, 9.17) is 10.5 Å². The quantitative estimate of drug-likeness (QED) is 0.852. The monoisotopic (exact) mass is 271 g/mol. The van der Waals surface area contributed by atoms with Crippen molar-refractivity contribution in [2.24, 2.45) is 0 Å². The third-order valence-electron chi connectivity index (χ3n) is 3.10. The molecule has 1 saturated carbocycles. The predicted octanol–water partition coefficient (Wildman–Crippen LogP) is 2.14. The van der Waals surface area contributed by atoms with Crippen LogP contribution in [0.25, 0.3) is 0 Å². The zero-order valence-corrected chi connectivity index (χ0v) is 10.5. The molecule has 2 rings (SSSR count). The molecule has 1 atom stereocenters. The van der Waals surface area contributed by atoms with Crippen LogP contribution in [-0.4, -0.2) is 28.5 Å². The molecule has 1 unspecified atom stereocenters. The molecule has 1 fully saturated rings. The van der Waals surface area contributed by atoms with Gasteiger partial charge >= 0.3 is 5.97 Å². The van der Waals surface area contributed by atoms with Crippen molar-refractivity contribution in [3.05, 3.63) is 17.6 Å². The van der Waals surface area contributed by atoms with E-state index < -0.39 is 17.8 Å². The third-order valence-corrected chi connectivity index (χ3v) is 3.10. The highest BCUT2D eigenvalue weighted by atomic mass is 19.3. The summed E-state index contributed by atoms with van der Waals surface area (Å²) in [6.45, 7) is 1.89. The fourth-order valence-corrected chi connectivity index (χ4v) is 2.14. The van der Waals surface area contributed by atoms with Crippen LogP contribution >= 0.6 is 0 Å². The van der Waals surface area contributed by atoms with Crippen molar-refractivity contribution < 1.29 is 18.3 Å². The highest BCUT2D eigenvalue weighted by molar-refractivity contribution is 5.93. The molecule has 1 aromatic heterocycles. The Balaban J connectivity index is 2.18. The highest BCUT2D eigenvalue weighted by Gasteiger charge is 2.41. The van der Waals surface area contributed by atoms with E-state index in [0.717, 1.165) is 0 Å². The molecule has 1 aliphatic carbocycles. The van der Waals surface area contributed by atoms with Crippen LogP contribution in [0, 0.1) is 0 Å². The SMILES string of the molecule is CCOC(=O)c1cnc(C2CCC(F)(F)C2)nc1N. The van der Waals surface area contributed by atoms with Crippen LogP contribution in [0.15, 0.2) is 6.20 Å². The van der Waals surface area contributed by atoms with Gasteiger partial charge in [0, 0.05) is 25.0 Å². The number of anilines is 1. The summed E-state index contributed by atoms with van der Waals surface area (Å²) in [5, 5.41) is 0. The fourth-order valence-electron chi connectivity index (χ4n) is 2.14. The summed E-state index contributed by atoms with van der Waals surface area (Å²) in [5.74, 6) is -3.44. The van der Waals surface area contributed by atoms with Gasteiger partial charge in [-0.2, -0.15) is 0 Å². The lowest BCUT2D eigenvalue weighted by Gasteiger charge is -2.11. The molecule has 1 aromatic rings. The lowest BCUT2D eigenvalue weighted by molar-refractivity contribution is 0.00751. The van der Waals surface area contributed by atoms with Crippen LogP contribution in [0.4, 0.5) is 14.6 Å². The molecule has 0 aliphatic heterocycles. The molecule has 0 saturated heterocycles. The Labute approximate surface area is 109 Å². The largest absolute Gasteiger partial charge is 0.462 e. The van der Waals surface area contributed by atoms with Crippen LogP contribution in [0.2, 0.25) is 0 Å². The maximum absolute atomic E-state index is 13.1. The van der Waals surface area contributed by atoms with Crippen LogP contribution in [0.5, 0.6) is 0 Å². The van der Waals surface area contributed by atoms with Crippen LogP contribution in [-0.2, 0) is 4.74 Å². The second-order valence-electron chi connectivity index (χ2n) is 4.54. The molecular weight excluding hydrogens is 256 g/mol. The normalized spacial score (nSPS) is 21.3. The number of nitrogen functional groups attached to an aromatic ring is 1. The number of esters is 1. The van der Waals surface area contributed by atoms with Gasteiger partial charge in [-0.3, -0.25) is 0 Å². The molecule has 0 radical (unpaired) electrons. The number of ether oxygens (including phenoxy) is 1. The number of alkyl halides is 2. The number of nitrogens with zero attached hydrogens (tertiary/aromatic N) is 2. The van der Waals surface area contributed by atoms with E-state index in [1.54, 1.807) is 6.92 Å². The number of halogens is 2. The van der Waals surface area contributed by atoms with E-state index >= 15 is 0 Å². The average molecular weight is 271 g/mol. The fraction of sp³-hybridized carbons (Fsp3) is 0.583. The lowest BCUT2D eigenvalue weighted by Crippen LogP contribution is -2.14. The van der Waals surface area contributed by atoms with Crippen molar-refractivity contribution in [3.63, 3.8) is 0 Å². The minimum atomic E-state index is -2.66. The molecular formula is C12H15F2N3O2. The predicted molar refractivity (Wildman–Crippen MR) is 63.9 cm³/mol. The summed E-state index contributed by atoms with van der Waals surface area (Å²) < 4.78 is 31.0. The molecule has 0 spiro atoms. The lowest BCUT2D eigenvalue weighted by atomic mass is 10.1. The van der Waals surface area contributed by atoms with E-state index in [1.165, 1.54) is 6.20 Å². The van der Waals surface area contributed by atoms with Crippen molar-refractivity contribution in [1.82, 2.24) is 9.97 Å². The number of carbonyl (C=O) groups excluding carboxylic acids is 1. The van der Waals surface area contributed by atoms with Crippen LogP contribution < -0.4 is 5.73 Å². The molecule has 19 heavy (non-hydrogen) atoms. The average Bonchev–Trinajstić information content (AvgIpc) is 2.70. The summed E-state index contributed by atoms with van der Waals surface area (Å²) in [6, 6.07) is 0. The molecule has 1 aliphatic rings. The number of hydrogen-bond donors (Lipinski definition) is 1. The summed E-state index contributed by atoms with van der Waals surface area (Å²) in [7, 11) is 0. The van der Waals surface area contributed by atoms with E-state index in [-0.39, 0.29) is 36.7 Å². The first-order valence-electron chi connectivity index (χ1n) is 6.10. The third kappa shape index (κ3) is 2.97. The van der Waals surface area contributed by atoms with Crippen molar-refractivity contribution in [3.8, 4) is 0 Å². The summed E-state index contributed by atoms with van der Waals surface area (Å²) in [5.41, 5.74) is 5.71. The van der Waals surface area contributed by atoms with Gasteiger partial charge in [0.15, 0.2) is 0 Å². The van der Waals surface area contributed by atoms with Gasteiger partial charge in [0.05, 0.1) is 6.61 Å². The van der Waals surface area contributed by atoms with Crippen molar-refractivity contribution in [1.29, 1.82) is 0 Å². The minimum Gasteiger partial charge on any atom is -0.462 e. The Bertz CT molecular complexity index is 494. The Morgan fingerprint density at radius 2 is 2.37 bits per heavy atom.